The maximum absolute atomic E-state index is 13.1. The third kappa shape index (κ3) is 2.50. The number of nitrogens with zero attached hydrogens (tertiary/aromatic N) is 4. The van der Waals surface area contributed by atoms with Gasteiger partial charge >= 0.3 is 6.03 Å². The molecule has 1 saturated heterocycles. The van der Waals surface area contributed by atoms with Crippen LogP contribution in [0.5, 0.6) is 0 Å². The summed E-state index contributed by atoms with van der Waals surface area (Å²) in [5.41, 5.74) is 1.30. The maximum atomic E-state index is 13.1. The number of carbonyl (C=O) groups excluding carboxylic acids is 2. The van der Waals surface area contributed by atoms with E-state index in [-0.39, 0.29) is 11.9 Å². The minimum Gasteiger partial charge on any atom is -0.305 e. The monoisotopic (exact) mass is 346 g/mol. The Morgan fingerprint density at radius 3 is 2.54 bits per heavy atom. The summed E-state index contributed by atoms with van der Waals surface area (Å²) >= 11 is 0. The number of anilines is 1. The minimum absolute atomic E-state index is 0.256. The van der Waals surface area contributed by atoms with Gasteiger partial charge in [0.25, 0.3) is 5.91 Å². The first-order valence-corrected chi connectivity index (χ1v) is 8.38. The summed E-state index contributed by atoms with van der Waals surface area (Å²) in [6.07, 6.45) is 4.93. The molecular weight excluding hydrogens is 328 g/mol. The Kier molecular flexibility index (Phi) is 3.68. The number of benzene rings is 1. The lowest BCUT2D eigenvalue weighted by molar-refractivity contribution is -0.123. The van der Waals surface area contributed by atoms with Crippen LogP contribution in [-0.4, -0.2) is 32.3 Å². The lowest BCUT2D eigenvalue weighted by Gasteiger charge is -2.27. The van der Waals surface area contributed by atoms with Gasteiger partial charge in [0, 0.05) is 24.3 Å². The molecule has 3 aromatic rings. The highest BCUT2D eigenvalue weighted by Crippen LogP contribution is 2.33. The Bertz CT molecular complexity index is 1000. The van der Waals surface area contributed by atoms with Crippen molar-refractivity contribution in [1.82, 2.24) is 14.9 Å². The zero-order valence-electron chi connectivity index (χ0n) is 14.6. The number of hydrogen-bond acceptors (Lipinski definition) is 4. The van der Waals surface area contributed by atoms with Gasteiger partial charge in [0.2, 0.25) is 0 Å². The lowest BCUT2D eigenvalue weighted by Crippen LogP contribution is -2.43. The summed E-state index contributed by atoms with van der Waals surface area (Å²) < 4.78 is 0. The van der Waals surface area contributed by atoms with Crippen molar-refractivity contribution in [3.63, 3.8) is 0 Å². The summed E-state index contributed by atoms with van der Waals surface area (Å²) in [6.45, 7) is 3.88. The van der Waals surface area contributed by atoms with Crippen LogP contribution in [0.1, 0.15) is 19.4 Å². The lowest BCUT2D eigenvalue weighted by atomic mass is 10.0. The van der Waals surface area contributed by atoms with Crippen LogP contribution < -0.4 is 4.90 Å². The van der Waals surface area contributed by atoms with E-state index >= 15 is 0 Å². The second-order valence-electron chi connectivity index (χ2n) is 6.81. The molecular formula is C20H18N4O2. The smallest absolute Gasteiger partial charge is 0.305 e. The molecule has 0 unspecified atom stereocenters. The van der Waals surface area contributed by atoms with Crippen LogP contribution in [0, 0.1) is 0 Å². The topological polar surface area (TPSA) is 66.4 Å². The largest absolute Gasteiger partial charge is 0.332 e. The molecule has 0 radical (unpaired) electrons. The fourth-order valence-electron chi connectivity index (χ4n) is 3.18. The Hall–Kier alpha value is -3.28. The molecule has 0 N–H and O–H groups in total. The summed E-state index contributed by atoms with van der Waals surface area (Å²) in [4.78, 5) is 37.2. The minimum atomic E-state index is -0.938. The Labute approximate surface area is 151 Å². The van der Waals surface area contributed by atoms with E-state index in [0.29, 0.717) is 12.2 Å². The van der Waals surface area contributed by atoms with E-state index in [1.807, 2.05) is 42.5 Å². The van der Waals surface area contributed by atoms with Gasteiger partial charge < -0.3 is 4.90 Å². The zero-order valence-corrected chi connectivity index (χ0v) is 14.6. The van der Waals surface area contributed by atoms with Crippen LogP contribution >= 0.6 is 0 Å². The zero-order chi connectivity index (χ0) is 18.3. The van der Waals surface area contributed by atoms with E-state index in [0.717, 1.165) is 16.5 Å². The van der Waals surface area contributed by atoms with E-state index in [2.05, 4.69) is 9.97 Å². The van der Waals surface area contributed by atoms with E-state index < -0.39 is 5.54 Å². The number of hydrogen-bond donors (Lipinski definition) is 0. The summed E-state index contributed by atoms with van der Waals surface area (Å²) in [7, 11) is 0. The maximum Gasteiger partial charge on any atom is 0.332 e. The number of pyridine rings is 2. The average molecular weight is 346 g/mol. The van der Waals surface area contributed by atoms with Gasteiger partial charge in [-0.15, -0.1) is 0 Å². The highest BCUT2D eigenvalue weighted by molar-refractivity contribution is 6.23. The molecule has 26 heavy (non-hydrogen) atoms. The van der Waals surface area contributed by atoms with E-state index in [4.69, 9.17) is 0 Å². The summed E-state index contributed by atoms with van der Waals surface area (Å²) in [5, 5.41) is 0.885. The van der Waals surface area contributed by atoms with Gasteiger partial charge in [-0.05, 0) is 43.7 Å². The number of amides is 3. The quantitative estimate of drug-likeness (QED) is 0.682. The molecule has 0 saturated carbocycles. The van der Waals surface area contributed by atoms with E-state index in [1.54, 1.807) is 37.3 Å². The molecule has 0 aliphatic carbocycles. The second-order valence-corrected chi connectivity index (χ2v) is 6.81. The van der Waals surface area contributed by atoms with Gasteiger partial charge in [-0.2, -0.15) is 0 Å². The van der Waals surface area contributed by atoms with Crippen molar-refractivity contribution in [3.8, 4) is 0 Å². The number of carbonyl (C=O) groups is 2. The Balaban J connectivity index is 1.72. The van der Waals surface area contributed by atoms with Crippen molar-refractivity contribution >= 4 is 28.5 Å². The van der Waals surface area contributed by atoms with Crippen molar-refractivity contribution in [2.24, 2.45) is 0 Å². The molecule has 1 fully saturated rings. The third-order valence-electron chi connectivity index (χ3n) is 4.75. The molecule has 0 atom stereocenters. The number of aromatic nitrogens is 2. The van der Waals surface area contributed by atoms with Crippen LogP contribution in [0.3, 0.4) is 0 Å². The molecule has 3 amide bonds. The first kappa shape index (κ1) is 16.2. The molecule has 2 aromatic heterocycles. The Morgan fingerprint density at radius 2 is 1.77 bits per heavy atom. The molecule has 6 nitrogen and oxygen atoms in total. The number of urea groups is 1. The molecule has 1 aliphatic rings. The molecule has 1 aliphatic heterocycles. The average Bonchev–Trinajstić information content (AvgIpc) is 2.82. The number of para-hydroxylation sites is 1. The molecule has 3 heterocycles. The highest BCUT2D eigenvalue weighted by Gasteiger charge is 2.51. The SMILES string of the molecule is CC1(C)C(=O)N(c2cnc3ccccc3c2)C(=O)N1Cc1ccncc1. The fraction of sp³-hybridized carbons (Fsp3) is 0.200. The van der Waals surface area contributed by atoms with Crippen molar-refractivity contribution in [2.75, 3.05) is 4.90 Å². The predicted octanol–water partition coefficient (Wildman–Crippen LogP) is 3.38. The van der Waals surface area contributed by atoms with Crippen LogP contribution in [0.25, 0.3) is 10.9 Å². The van der Waals surface area contributed by atoms with E-state index in [1.165, 1.54) is 4.90 Å². The van der Waals surface area contributed by atoms with Crippen molar-refractivity contribution < 1.29 is 9.59 Å². The third-order valence-corrected chi connectivity index (χ3v) is 4.75. The fourth-order valence-corrected chi connectivity index (χ4v) is 3.18. The molecule has 4 rings (SSSR count). The highest BCUT2D eigenvalue weighted by atomic mass is 16.2. The standard InChI is InChI=1S/C20H18N4O2/c1-20(2)18(25)24(16-11-15-5-3-4-6-17(15)22-12-16)19(26)23(20)13-14-7-9-21-10-8-14/h3-12H,13H2,1-2H3. The number of fused-ring (bicyclic) bond motifs is 1. The predicted molar refractivity (Wildman–Crippen MR) is 98.5 cm³/mol. The second kappa shape index (κ2) is 5.91. The van der Waals surface area contributed by atoms with Gasteiger partial charge in [-0.3, -0.25) is 14.8 Å². The van der Waals surface area contributed by atoms with Gasteiger partial charge in [-0.25, -0.2) is 9.69 Å². The van der Waals surface area contributed by atoms with Crippen molar-refractivity contribution in [3.05, 3.63) is 66.6 Å². The summed E-state index contributed by atoms with van der Waals surface area (Å²) in [6, 6.07) is 12.8. The number of imide groups is 1. The molecule has 0 bridgehead atoms. The molecule has 1 aromatic carbocycles. The molecule has 0 spiro atoms. The van der Waals surface area contributed by atoms with E-state index in [9.17, 15) is 9.59 Å². The Morgan fingerprint density at radius 1 is 1.04 bits per heavy atom. The normalized spacial score (nSPS) is 16.5. The van der Waals surface area contributed by atoms with Crippen molar-refractivity contribution in [2.45, 2.75) is 25.9 Å². The van der Waals surface area contributed by atoms with Crippen LogP contribution in [0.15, 0.2) is 61.1 Å². The molecule has 130 valence electrons. The summed E-state index contributed by atoms with van der Waals surface area (Å²) in [5.74, 6) is -0.256. The van der Waals surface area contributed by atoms with Gasteiger partial charge in [0.05, 0.1) is 17.4 Å². The van der Waals surface area contributed by atoms with Crippen LogP contribution in [0.2, 0.25) is 0 Å². The number of rotatable bonds is 3. The first-order chi connectivity index (χ1) is 12.5. The van der Waals surface area contributed by atoms with Crippen LogP contribution in [-0.2, 0) is 11.3 Å². The van der Waals surface area contributed by atoms with Gasteiger partial charge in [-0.1, -0.05) is 18.2 Å². The van der Waals surface area contributed by atoms with Gasteiger partial charge in [0.1, 0.15) is 5.54 Å². The molecule has 6 heteroatoms. The first-order valence-electron chi connectivity index (χ1n) is 8.38. The van der Waals surface area contributed by atoms with Crippen molar-refractivity contribution in [1.29, 1.82) is 0 Å². The van der Waals surface area contributed by atoms with Crippen LogP contribution in [0.4, 0.5) is 10.5 Å². The van der Waals surface area contributed by atoms with Gasteiger partial charge in [0.15, 0.2) is 0 Å².